The van der Waals surface area contributed by atoms with Crippen molar-refractivity contribution in [1.82, 2.24) is 30.1 Å². The fourth-order valence-electron chi connectivity index (χ4n) is 6.13. The molecule has 2 fully saturated rings. The zero-order valence-electron chi connectivity index (χ0n) is 32.7. The highest BCUT2D eigenvalue weighted by atomic mass is 32.2. The molecule has 0 bridgehead atoms. The molecule has 304 valence electrons. The first-order chi connectivity index (χ1) is 26.3. The fourth-order valence-corrected chi connectivity index (χ4v) is 7.52. The van der Waals surface area contributed by atoms with E-state index in [4.69, 9.17) is 14.2 Å². The lowest BCUT2D eigenvalue weighted by Crippen LogP contribution is -2.64. The number of rotatable bonds is 17. The molecule has 1 aromatic carbocycles. The molecule has 5 atom stereocenters. The summed E-state index contributed by atoms with van der Waals surface area (Å²) in [7, 11) is -2.46. The van der Waals surface area contributed by atoms with E-state index < -0.39 is 80.2 Å². The number of carbonyl (C=O) groups excluding carboxylic acids is 5. The van der Waals surface area contributed by atoms with E-state index in [1.54, 1.807) is 65.3 Å². The number of hydrogen-bond donors (Lipinski definition) is 3. The van der Waals surface area contributed by atoms with Crippen LogP contribution in [-0.2, 0) is 33.9 Å². The summed E-state index contributed by atoms with van der Waals surface area (Å²) in [6, 6.07) is 4.30. The van der Waals surface area contributed by atoms with Gasteiger partial charge in [0.05, 0.1) is 25.4 Å². The first-order valence-electron chi connectivity index (χ1n) is 18.2. The van der Waals surface area contributed by atoms with Crippen molar-refractivity contribution in [3.63, 3.8) is 0 Å². The summed E-state index contributed by atoms with van der Waals surface area (Å²) in [5.74, 6) is -3.06. The number of aromatic nitrogens is 1. The molecular formula is C39H52N6O10S. The van der Waals surface area contributed by atoms with Gasteiger partial charge in [0.1, 0.15) is 35.1 Å². The maximum absolute atomic E-state index is 14.7. The quantitative estimate of drug-likeness (QED) is 0.157. The fraction of sp³-hybridized carbons (Fsp3) is 0.487. The summed E-state index contributed by atoms with van der Waals surface area (Å²) in [5, 5.41) is 5.95. The average Bonchev–Trinajstić information content (AvgIpc) is 3.93. The topological polar surface area (TPSA) is 203 Å². The van der Waals surface area contributed by atoms with Crippen LogP contribution in [0.5, 0.6) is 11.6 Å². The van der Waals surface area contributed by atoms with Crippen LogP contribution in [-0.4, -0.2) is 114 Å². The van der Waals surface area contributed by atoms with Gasteiger partial charge in [-0.05, 0) is 76.3 Å². The van der Waals surface area contributed by atoms with Gasteiger partial charge in [-0.25, -0.2) is 18.2 Å². The van der Waals surface area contributed by atoms with Gasteiger partial charge in [-0.2, -0.15) is 0 Å². The molecule has 1 saturated heterocycles. The first-order valence-corrected chi connectivity index (χ1v) is 19.7. The molecule has 56 heavy (non-hydrogen) atoms. The first kappa shape index (κ1) is 43.3. The Balaban J connectivity index is 1.74. The van der Waals surface area contributed by atoms with E-state index in [-0.39, 0.29) is 31.9 Å². The number of hydrogen-bond acceptors (Lipinski definition) is 11. The van der Waals surface area contributed by atoms with Crippen LogP contribution < -0.4 is 24.8 Å². The number of carbonyl (C=O) groups is 5. The Hall–Kier alpha value is -5.45. The predicted octanol–water partition coefficient (Wildman–Crippen LogP) is 2.99. The number of nitrogens with zero attached hydrogens (tertiary/aromatic N) is 3. The highest BCUT2D eigenvalue weighted by Gasteiger charge is 2.49. The van der Waals surface area contributed by atoms with E-state index in [9.17, 15) is 32.4 Å². The van der Waals surface area contributed by atoms with E-state index in [1.807, 2.05) is 0 Å². The average molecular weight is 797 g/mol. The van der Waals surface area contributed by atoms with E-state index in [0.29, 0.717) is 24.0 Å². The zero-order chi connectivity index (χ0) is 41.6. The molecule has 5 amide bonds. The van der Waals surface area contributed by atoms with Crippen LogP contribution in [0.4, 0.5) is 4.79 Å². The Morgan fingerprint density at radius 2 is 1.79 bits per heavy atom. The lowest BCUT2D eigenvalue weighted by atomic mass is 9.85. The molecule has 2 aromatic rings. The maximum Gasteiger partial charge on any atom is 0.408 e. The van der Waals surface area contributed by atoms with E-state index in [1.165, 1.54) is 28.9 Å². The van der Waals surface area contributed by atoms with Crippen molar-refractivity contribution in [2.24, 2.45) is 5.92 Å². The van der Waals surface area contributed by atoms with Gasteiger partial charge < -0.3 is 34.6 Å². The summed E-state index contributed by atoms with van der Waals surface area (Å²) < 4.78 is 44.9. The van der Waals surface area contributed by atoms with Gasteiger partial charge in [0.25, 0.3) is 5.91 Å². The molecule has 1 aliphatic carbocycles. The smallest absolute Gasteiger partial charge is 0.408 e. The van der Waals surface area contributed by atoms with Crippen molar-refractivity contribution in [1.29, 1.82) is 0 Å². The van der Waals surface area contributed by atoms with Crippen molar-refractivity contribution >= 4 is 50.5 Å². The molecule has 17 heteroatoms. The number of likely N-dealkylation sites (tertiary alicyclic amines) is 1. The van der Waals surface area contributed by atoms with Crippen molar-refractivity contribution < 1.29 is 46.6 Å². The third-order valence-corrected chi connectivity index (χ3v) is 11.4. The number of amides is 5. The monoisotopic (exact) mass is 796 g/mol. The van der Waals surface area contributed by atoms with E-state index >= 15 is 0 Å². The summed E-state index contributed by atoms with van der Waals surface area (Å²) in [6.45, 7) is 18.3. The third-order valence-electron chi connectivity index (χ3n) is 9.61. The number of nitrogens with one attached hydrogen (secondary N) is 3. The molecule has 0 radical (unpaired) electrons. The van der Waals surface area contributed by atoms with Crippen molar-refractivity contribution in [2.75, 3.05) is 26.7 Å². The second-order valence-electron chi connectivity index (χ2n) is 15.0. The Bertz CT molecular complexity index is 1980. The lowest BCUT2D eigenvalue weighted by molar-refractivity contribution is -0.143. The second-order valence-corrected chi connectivity index (χ2v) is 17.0. The number of methoxy groups -OCH3 is 1. The molecule has 3 N–H and O–H groups in total. The molecule has 1 aliphatic heterocycles. The predicted molar refractivity (Wildman–Crippen MR) is 209 cm³/mol. The van der Waals surface area contributed by atoms with Gasteiger partial charge in [0.15, 0.2) is 0 Å². The van der Waals surface area contributed by atoms with Gasteiger partial charge in [-0.3, -0.25) is 23.9 Å². The molecule has 0 spiro atoms. The summed E-state index contributed by atoms with van der Waals surface area (Å²) >= 11 is 0. The number of pyridine rings is 1. The van der Waals surface area contributed by atoms with Crippen LogP contribution in [0.3, 0.4) is 0 Å². The van der Waals surface area contributed by atoms with Gasteiger partial charge in [0.2, 0.25) is 33.6 Å². The number of sulfonamides is 1. The normalized spacial score (nSPS) is 19.0. The van der Waals surface area contributed by atoms with Crippen molar-refractivity contribution in [3.8, 4) is 11.6 Å². The minimum absolute atomic E-state index is 0.00546. The summed E-state index contributed by atoms with van der Waals surface area (Å²) in [4.78, 5) is 75.6. The molecule has 2 aliphatic rings. The molecular weight excluding hydrogens is 745 g/mol. The van der Waals surface area contributed by atoms with Crippen molar-refractivity contribution in [2.45, 2.75) is 88.5 Å². The van der Waals surface area contributed by atoms with Gasteiger partial charge in [-0.1, -0.05) is 25.7 Å². The van der Waals surface area contributed by atoms with Gasteiger partial charge in [0, 0.05) is 30.5 Å². The molecule has 1 saturated carbocycles. The van der Waals surface area contributed by atoms with Gasteiger partial charge >= 0.3 is 6.09 Å². The minimum atomic E-state index is -4.00. The molecule has 2 heterocycles. The van der Waals surface area contributed by atoms with Crippen LogP contribution in [0, 0.1) is 5.92 Å². The molecule has 16 nitrogen and oxygen atoms in total. The SMILES string of the molecule is C=CCN(C[C@H](NC(=O)OC(C)(C)C)C(=O)N1C[C@H](Oc2nccc3cc(OC)ccc23)C[C@H]1C(=O)N[C@@](C)(C(=O)NS(=O)(=O)C1CC1)C(C)C=C)C(=O)C=C. The maximum atomic E-state index is 14.7. The summed E-state index contributed by atoms with van der Waals surface area (Å²) in [5.41, 5.74) is -2.78. The second kappa shape index (κ2) is 17.6. The highest BCUT2D eigenvalue weighted by Crippen LogP contribution is 2.32. The Kier molecular flexibility index (Phi) is 13.6. The third kappa shape index (κ3) is 10.4. The van der Waals surface area contributed by atoms with E-state index in [2.05, 4.69) is 40.1 Å². The number of benzene rings is 1. The van der Waals surface area contributed by atoms with Gasteiger partial charge in [-0.15, -0.1) is 13.2 Å². The Morgan fingerprint density at radius 1 is 1.09 bits per heavy atom. The number of fused-ring (bicyclic) bond motifs is 1. The Morgan fingerprint density at radius 3 is 2.38 bits per heavy atom. The zero-order valence-corrected chi connectivity index (χ0v) is 33.5. The molecule has 4 rings (SSSR count). The van der Waals surface area contributed by atoms with Crippen LogP contribution in [0.25, 0.3) is 10.8 Å². The van der Waals surface area contributed by atoms with E-state index in [0.717, 1.165) is 11.5 Å². The number of alkyl carbamates (subject to hydrolysis) is 1. The number of ether oxygens (including phenoxy) is 3. The van der Waals surface area contributed by atoms with Crippen LogP contribution in [0.1, 0.15) is 53.9 Å². The van der Waals surface area contributed by atoms with Crippen LogP contribution >= 0.6 is 0 Å². The van der Waals surface area contributed by atoms with Crippen LogP contribution in [0.2, 0.25) is 0 Å². The largest absolute Gasteiger partial charge is 0.497 e. The Labute approximate surface area is 327 Å². The summed E-state index contributed by atoms with van der Waals surface area (Å²) in [6.07, 6.45) is 4.35. The molecule has 1 aromatic heterocycles. The lowest BCUT2D eigenvalue weighted by Gasteiger charge is -2.36. The highest BCUT2D eigenvalue weighted by molar-refractivity contribution is 7.91. The van der Waals surface area contributed by atoms with Crippen molar-refractivity contribution in [3.05, 3.63) is 68.4 Å². The van der Waals surface area contributed by atoms with Crippen LogP contribution in [0.15, 0.2) is 68.4 Å². The molecule has 1 unspecified atom stereocenters. The minimum Gasteiger partial charge on any atom is -0.497 e. The standard InChI is InChI=1S/C39H52N6O10S/c1-10-19-44(32(46)12-3)23-30(41-37(50)55-38(5,6)7)35(48)45-22-27(54-34-29-16-13-26(53-9)20-25(29)17-18-40-34)21-31(45)33(47)42-39(8,24(4)11-2)36(49)43-56(51,52)28-14-15-28/h10-13,16-18,20,24,27-28,30-31H,1-3,14-15,19,21-23H2,4-9H3,(H,41,50)(H,42,47)(H,43,49)/t24?,27-,30+,31+,39-/m1/s1.